The van der Waals surface area contributed by atoms with Gasteiger partial charge in [0, 0.05) is 10.6 Å². The largest absolute Gasteiger partial charge is 0.464 e. The molecule has 222 valence electrons. The topological polar surface area (TPSA) is 82.8 Å². The molecule has 9 rings (SSSR count). The van der Waals surface area contributed by atoms with E-state index < -0.39 is 17.3 Å². The minimum Gasteiger partial charge on any atom is -0.464 e. The first kappa shape index (κ1) is 27.3. The summed E-state index contributed by atoms with van der Waals surface area (Å²) in [6.07, 6.45) is 6.99. The number of nitrogens with zero attached hydrogens (tertiary/aromatic N) is 3. The van der Waals surface area contributed by atoms with Gasteiger partial charge in [-0.3, -0.25) is 4.79 Å². The van der Waals surface area contributed by atoms with Crippen LogP contribution in [0.5, 0.6) is 5.88 Å². The molecule has 3 aromatic carbocycles. The van der Waals surface area contributed by atoms with Crippen LogP contribution < -0.4 is 4.74 Å². The van der Waals surface area contributed by atoms with Crippen molar-refractivity contribution in [3.63, 3.8) is 0 Å². The Kier molecular flexibility index (Phi) is 6.31. The number of carbonyl (C=O) groups is 2. The van der Waals surface area contributed by atoms with Crippen molar-refractivity contribution in [2.75, 3.05) is 7.11 Å². The van der Waals surface area contributed by atoms with Crippen LogP contribution in [-0.2, 0) is 10.3 Å². The standard InChI is InChI=1S/C36H32ClN3O4/c1-43-33(42)30-29(31(41)25-12-14-28(37)15-13-25)32-40(39-30)36(26-8-4-2-5-9-26,27-10-6-3-7-11-27)34(44-32)38-35-19-22-16-23(20-35)18-24(17-22)21-35/h2-15,22-24H,16-21H2,1H3. The van der Waals surface area contributed by atoms with E-state index in [1.807, 2.05) is 60.7 Å². The maximum absolute atomic E-state index is 14.2. The van der Waals surface area contributed by atoms with Crippen LogP contribution in [0.4, 0.5) is 0 Å². The summed E-state index contributed by atoms with van der Waals surface area (Å²) in [6, 6.07) is 26.5. The minimum absolute atomic E-state index is 0.0473. The maximum Gasteiger partial charge on any atom is 0.359 e. The molecule has 0 unspecified atom stereocenters. The van der Waals surface area contributed by atoms with Gasteiger partial charge in [0.15, 0.2) is 11.2 Å². The molecule has 0 amide bonds. The molecule has 0 radical (unpaired) electrons. The number of halogens is 1. The van der Waals surface area contributed by atoms with E-state index >= 15 is 0 Å². The summed E-state index contributed by atoms with van der Waals surface area (Å²) in [6.45, 7) is 0. The van der Waals surface area contributed by atoms with Gasteiger partial charge in [0.2, 0.25) is 17.6 Å². The Labute approximate surface area is 260 Å². The predicted molar refractivity (Wildman–Crippen MR) is 166 cm³/mol. The molecule has 1 aromatic heterocycles. The minimum atomic E-state index is -1.15. The lowest BCUT2D eigenvalue weighted by atomic mass is 9.53. The summed E-state index contributed by atoms with van der Waals surface area (Å²) in [5.74, 6) is 1.58. The van der Waals surface area contributed by atoms with Gasteiger partial charge in [-0.2, -0.15) is 5.10 Å². The quantitative estimate of drug-likeness (QED) is 0.173. The Morgan fingerprint density at radius 2 is 1.41 bits per heavy atom. The molecule has 4 saturated carbocycles. The molecule has 4 fully saturated rings. The van der Waals surface area contributed by atoms with Crippen LogP contribution in [-0.4, -0.2) is 40.1 Å². The van der Waals surface area contributed by atoms with Crippen molar-refractivity contribution in [3.8, 4) is 5.88 Å². The third-order valence-electron chi connectivity index (χ3n) is 10.1. The van der Waals surface area contributed by atoms with E-state index in [2.05, 4.69) is 0 Å². The van der Waals surface area contributed by atoms with Crippen molar-refractivity contribution >= 4 is 29.3 Å². The number of aromatic nitrogens is 2. The van der Waals surface area contributed by atoms with Crippen molar-refractivity contribution in [2.45, 2.75) is 49.6 Å². The van der Waals surface area contributed by atoms with Gasteiger partial charge in [-0.15, -0.1) is 0 Å². The van der Waals surface area contributed by atoms with Crippen molar-refractivity contribution < 1.29 is 19.1 Å². The molecule has 0 saturated heterocycles. The van der Waals surface area contributed by atoms with E-state index in [0.717, 1.165) is 30.4 Å². The van der Waals surface area contributed by atoms with E-state index in [4.69, 9.17) is 31.2 Å². The van der Waals surface area contributed by atoms with E-state index in [-0.39, 0.29) is 22.7 Å². The first-order valence-electron chi connectivity index (χ1n) is 15.3. The Morgan fingerprint density at radius 3 is 1.93 bits per heavy atom. The fourth-order valence-corrected chi connectivity index (χ4v) is 8.83. The predicted octanol–water partition coefficient (Wildman–Crippen LogP) is 7.11. The number of rotatable bonds is 6. The number of esters is 1. The molecule has 44 heavy (non-hydrogen) atoms. The van der Waals surface area contributed by atoms with Crippen LogP contribution >= 0.6 is 11.6 Å². The van der Waals surface area contributed by atoms with Crippen molar-refractivity contribution in [1.29, 1.82) is 0 Å². The first-order chi connectivity index (χ1) is 21.4. The molecule has 2 heterocycles. The number of benzene rings is 3. The Morgan fingerprint density at radius 1 is 0.864 bits per heavy atom. The highest BCUT2D eigenvalue weighted by Crippen LogP contribution is 2.58. The molecule has 4 bridgehead atoms. The van der Waals surface area contributed by atoms with Gasteiger partial charge in [-0.25, -0.2) is 14.5 Å². The van der Waals surface area contributed by atoms with Gasteiger partial charge in [0.1, 0.15) is 5.56 Å². The van der Waals surface area contributed by atoms with Crippen molar-refractivity contribution in [1.82, 2.24) is 9.78 Å². The normalized spacial score (nSPS) is 26.8. The molecule has 7 nitrogen and oxygen atoms in total. The number of carbonyl (C=O) groups excluding carboxylic acids is 2. The molecule has 0 atom stereocenters. The van der Waals surface area contributed by atoms with Gasteiger partial charge in [0.25, 0.3) is 0 Å². The SMILES string of the molecule is COC(=O)c1nn2c(c1C(=O)c1ccc(Cl)cc1)OC(=NC13CC4CC(CC(C4)C1)C3)C2(c1ccccc1)c1ccccc1. The summed E-state index contributed by atoms with van der Waals surface area (Å²) in [5, 5.41) is 5.37. The summed E-state index contributed by atoms with van der Waals surface area (Å²) < 4.78 is 13.7. The van der Waals surface area contributed by atoms with E-state index in [1.165, 1.54) is 26.4 Å². The summed E-state index contributed by atoms with van der Waals surface area (Å²) in [5.41, 5.74) is 0.668. The molecule has 4 aromatic rings. The zero-order valence-corrected chi connectivity index (χ0v) is 25.2. The third kappa shape index (κ3) is 4.09. The highest BCUT2D eigenvalue weighted by molar-refractivity contribution is 6.30. The second-order valence-electron chi connectivity index (χ2n) is 12.9. The second kappa shape index (κ2) is 10.2. The number of ether oxygens (including phenoxy) is 2. The fraction of sp³-hybridized carbons (Fsp3) is 0.333. The fourth-order valence-electron chi connectivity index (χ4n) is 8.71. The molecule has 8 heteroatoms. The van der Waals surface area contributed by atoms with Crippen LogP contribution in [0, 0.1) is 17.8 Å². The lowest BCUT2D eigenvalue weighted by molar-refractivity contribution is 0.000789. The Balaban J connectivity index is 1.41. The zero-order valence-electron chi connectivity index (χ0n) is 24.4. The summed E-state index contributed by atoms with van der Waals surface area (Å²) in [7, 11) is 1.28. The van der Waals surface area contributed by atoms with Crippen LogP contribution in [0.3, 0.4) is 0 Å². The van der Waals surface area contributed by atoms with Crippen molar-refractivity contribution in [2.24, 2.45) is 22.7 Å². The van der Waals surface area contributed by atoms with Crippen LogP contribution in [0.15, 0.2) is 89.9 Å². The first-order valence-corrected chi connectivity index (χ1v) is 15.7. The maximum atomic E-state index is 14.2. The molecular formula is C36H32ClN3O4. The Hall–Kier alpha value is -4.23. The van der Waals surface area contributed by atoms with Crippen molar-refractivity contribution in [3.05, 3.63) is 118 Å². The number of methoxy groups -OCH3 is 1. The molecular weight excluding hydrogens is 574 g/mol. The van der Waals surface area contributed by atoms with Crippen LogP contribution in [0.2, 0.25) is 5.02 Å². The lowest BCUT2D eigenvalue weighted by Gasteiger charge is -2.55. The second-order valence-corrected chi connectivity index (χ2v) is 13.3. The number of ketones is 1. The smallest absolute Gasteiger partial charge is 0.359 e. The Bertz CT molecular complexity index is 1720. The van der Waals surface area contributed by atoms with Gasteiger partial charge in [0.05, 0.1) is 12.6 Å². The average molecular weight is 606 g/mol. The van der Waals surface area contributed by atoms with Crippen LogP contribution in [0.25, 0.3) is 0 Å². The highest BCUT2D eigenvalue weighted by atomic mass is 35.5. The number of fused-ring (bicyclic) bond motifs is 1. The number of hydrogen-bond acceptors (Lipinski definition) is 6. The van der Waals surface area contributed by atoms with Gasteiger partial charge in [-0.1, -0.05) is 72.3 Å². The molecule has 4 aliphatic carbocycles. The number of aliphatic imine (C=N–C) groups is 1. The molecule has 0 spiro atoms. The highest BCUT2D eigenvalue weighted by Gasteiger charge is 2.57. The summed E-state index contributed by atoms with van der Waals surface area (Å²) >= 11 is 6.14. The van der Waals surface area contributed by atoms with Crippen LogP contribution in [0.1, 0.15) is 76.1 Å². The lowest BCUT2D eigenvalue weighted by Crippen LogP contribution is -2.51. The van der Waals surface area contributed by atoms with E-state index in [1.54, 1.807) is 28.9 Å². The van der Waals surface area contributed by atoms with E-state index in [9.17, 15) is 9.59 Å². The van der Waals surface area contributed by atoms with Gasteiger partial charge in [-0.05, 0) is 91.7 Å². The number of hydrogen-bond donors (Lipinski definition) is 0. The van der Waals surface area contributed by atoms with E-state index in [0.29, 0.717) is 34.2 Å². The van der Waals surface area contributed by atoms with Gasteiger partial charge >= 0.3 is 5.97 Å². The summed E-state index contributed by atoms with van der Waals surface area (Å²) in [4.78, 5) is 33.1. The average Bonchev–Trinajstić information content (AvgIpc) is 3.54. The molecule has 0 N–H and O–H groups in total. The monoisotopic (exact) mass is 605 g/mol. The van der Waals surface area contributed by atoms with Gasteiger partial charge < -0.3 is 9.47 Å². The molecule has 5 aliphatic rings. The molecule has 1 aliphatic heterocycles. The zero-order chi connectivity index (χ0) is 30.1. The third-order valence-corrected chi connectivity index (χ3v) is 10.4.